The third-order valence-corrected chi connectivity index (χ3v) is 5.09. The second-order valence-corrected chi connectivity index (χ2v) is 7.79. The summed E-state index contributed by atoms with van der Waals surface area (Å²) >= 11 is 0. The maximum atomic E-state index is 11.7. The lowest BCUT2D eigenvalue weighted by molar-refractivity contribution is -0.143. The fourth-order valence-corrected chi connectivity index (χ4v) is 3.13. The molecule has 0 aliphatic heterocycles. The van der Waals surface area contributed by atoms with Crippen LogP contribution in [-0.2, 0) is 20.9 Å². The van der Waals surface area contributed by atoms with E-state index in [1.807, 2.05) is 37.3 Å². The molecule has 1 amide bonds. The van der Waals surface area contributed by atoms with Crippen LogP contribution in [0.2, 0.25) is 0 Å². The fraction of sp³-hybridized carbons (Fsp3) is 0.667. The largest absolute Gasteiger partial charge is 0.465 e. The van der Waals surface area contributed by atoms with Crippen molar-refractivity contribution in [1.82, 2.24) is 15.5 Å². The zero-order chi connectivity index (χ0) is 23.4. The van der Waals surface area contributed by atoms with Crippen LogP contribution in [0.15, 0.2) is 30.3 Å². The SMILES string of the molecule is CCCCOC(=O)CNC(C)N(CCO)CCCCCCNC(=O)OCc1ccccc1. The van der Waals surface area contributed by atoms with Crippen LogP contribution in [0.5, 0.6) is 0 Å². The molecule has 0 radical (unpaired) electrons. The van der Waals surface area contributed by atoms with Gasteiger partial charge in [0.1, 0.15) is 6.61 Å². The van der Waals surface area contributed by atoms with Crippen molar-refractivity contribution in [2.45, 2.75) is 65.1 Å². The molecule has 32 heavy (non-hydrogen) atoms. The Morgan fingerprint density at radius 1 is 1.03 bits per heavy atom. The summed E-state index contributed by atoms with van der Waals surface area (Å²) in [6.07, 6.45) is 5.34. The number of rotatable bonds is 18. The number of esters is 1. The molecule has 0 heterocycles. The molecule has 1 aromatic rings. The maximum Gasteiger partial charge on any atom is 0.407 e. The van der Waals surface area contributed by atoms with E-state index in [2.05, 4.69) is 22.5 Å². The highest BCUT2D eigenvalue weighted by Crippen LogP contribution is 2.05. The minimum atomic E-state index is -0.393. The van der Waals surface area contributed by atoms with Gasteiger partial charge in [-0.25, -0.2) is 4.79 Å². The predicted molar refractivity (Wildman–Crippen MR) is 125 cm³/mol. The molecule has 3 N–H and O–H groups in total. The van der Waals surface area contributed by atoms with Crippen molar-refractivity contribution in [3.63, 3.8) is 0 Å². The minimum Gasteiger partial charge on any atom is -0.465 e. The maximum absolute atomic E-state index is 11.7. The summed E-state index contributed by atoms with van der Waals surface area (Å²) in [4.78, 5) is 25.6. The number of nitrogens with zero attached hydrogens (tertiary/aromatic N) is 1. The number of aliphatic hydroxyl groups excluding tert-OH is 1. The number of aliphatic hydroxyl groups is 1. The third kappa shape index (κ3) is 14.0. The Morgan fingerprint density at radius 3 is 2.50 bits per heavy atom. The van der Waals surface area contributed by atoms with Gasteiger partial charge in [-0.3, -0.25) is 15.0 Å². The number of carbonyl (C=O) groups excluding carboxylic acids is 2. The number of ether oxygens (including phenoxy) is 2. The van der Waals surface area contributed by atoms with Gasteiger partial charge in [0.05, 0.1) is 25.9 Å². The second-order valence-electron chi connectivity index (χ2n) is 7.79. The van der Waals surface area contributed by atoms with E-state index in [-0.39, 0.29) is 31.9 Å². The molecule has 0 saturated carbocycles. The zero-order valence-corrected chi connectivity index (χ0v) is 19.7. The molecule has 0 aliphatic carbocycles. The van der Waals surface area contributed by atoms with Crippen LogP contribution in [0.3, 0.4) is 0 Å². The van der Waals surface area contributed by atoms with Gasteiger partial charge < -0.3 is 19.9 Å². The summed E-state index contributed by atoms with van der Waals surface area (Å²) in [6, 6.07) is 9.59. The number of benzene rings is 1. The average molecular weight is 452 g/mol. The first-order valence-electron chi connectivity index (χ1n) is 11.7. The van der Waals surface area contributed by atoms with Crippen molar-refractivity contribution in [3.05, 3.63) is 35.9 Å². The van der Waals surface area contributed by atoms with Crippen LogP contribution < -0.4 is 10.6 Å². The van der Waals surface area contributed by atoms with Gasteiger partial charge in [0.15, 0.2) is 0 Å². The molecule has 8 heteroatoms. The van der Waals surface area contributed by atoms with Crippen molar-refractivity contribution in [3.8, 4) is 0 Å². The van der Waals surface area contributed by atoms with E-state index in [4.69, 9.17) is 9.47 Å². The van der Waals surface area contributed by atoms with Crippen LogP contribution in [-0.4, -0.2) is 67.6 Å². The van der Waals surface area contributed by atoms with E-state index < -0.39 is 6.09 Å². The lowest BCUT2D eigenvalue weighted by atomic mass is 10.2. The number of hydrogen-bond donors (Lipinski definition) is 3. The Balaban J connectivity index is 2.09. The van der Waals surface area contributed by atoms with Crippen molar-refractivity contribution in [1.29, 1.82) is 0 Å². The summed E-state index contributed by atoms with van der Waals surface area (Å²) in [5, 5.41) is 15.3. The summed E-state index contributed by atoms with van der Waals surface area (Å²) in [5.41, 5.74) is 0.965. The number of alkyl carbamates (subject to hydrolysis) is 1. The first-order chi connectivity index (χ1) is 15.6. The van der Waals surface area contributed by atoms with Crippen molar-refractivity contribution in [2.24, 2.45) is 0 Å². The van der Waals surface area contributed by atoms with Crippen molar-refractivity contribution >= 4 is 12.1 Å². The molecular formula is C24H41N3O5. The highest BCUT2D eigenvalue weighted by Gasteiger charge is 2.14. The Morgan fingerprint density at radius 2 is 1.78 bits per heavy atom. The van der Waals surface area contributed by atoms with Gasteiger partial charge in [-0.2, -0.15) is 0 Å². The number of unbranched alkanes of at least 4 members (excludes halogenated alkanes) is 4. The summed E-state index contributed by atoms with van der Waals surface area (Å²) in [6.45, 7) is 6.98. The van der Waals surface area contributed by atoms with Crippen LogP contribution in [0, 0.1) is 0 Å². The molecule has 0 fully saturated rings. The van der Waals surface area contributed by atoms with Gasteiger partial charge in [-0.1, -0.05) is 56.5 Å². The molecule has 1 atom stereocenters. The number of amides is 1. The average Bonchev–Trinajstić information content (AvgIpc) is 2.80. The Bertz CT molecular complexity index is 615. The molecule has 1 unspecified atom stereocenters. The predicted octanol–water partition coefficient (Wildman–Crippen LogP) is 3.05. The first kappa shape index (κ1) is 27.9. The van der Waals surface area contributed by atoms with Crippen LogP contribution in [0.1, 0.15) is 57.9 Å². The van der Waals surface area contributed by atoms with E-state index in [9.17, 15) is 14.7 Å². The fourth-order valence-electron chi connectivity index (χ4n) is 3.13. The molecule has 8 nitrogen and oxygen atoms in total. The number of carbonyl (C=O) groups is 2. The highest BCUT2D eigenvalue weighted by molar-refractivity contribution is 5.71. The van der Waals surface area contributed by atoms with Crippen LogP contribution in [0.4, 0.5) is 4.79 Å². The molecule has 0 bridgehead atoms. The summed E-state index contributed by atoms with van der Waals surface area (Å²) in [7, 11) is 0. The monoisotopic (exact) mass is 451 g/mol. The summed E-state index contributed by atoms with van der Waals surface area (Å²) < 4.78 is 10.3. The first-order valence-corrected chi connectivity index (χ1v) is 11.7. The zero-order valence-electron chi connectivity index (χ0n) is 19.7. The molecule has 0 saturated heterocycles. The van der Waals surface area contributed by atoms with E-state index in [1.54, 1.807) is 0 Å². The van der Waals surface area contributed by atoms with Crippen LogP contribution in [0.25, 0.3) is 0 Å². The second kappa shape index (κ2) is 18.4. The number of hydrogen-bond acceptors (Lipinski definition) is 7. The molecule has 0 spiro atoms. The molecular weight excluding hydrogens is 410 g/mol. The molecule has 1 rings (SSSR count). The standard InChI is InChI=1S/C24H41N3O5/c1-3-4-18-31-23(29)19-26-21(2)27(16-17-28)15-11-6-5-10-14-25-24(30)32-20-22-12-8-7-9-13-22/h7-9,12-13,21,26,28H,3-6,10-11,14-20H2,1-2H3,(H,25,30). The Labute approximate surface area is 192 Å². The van der Waals surface area contributed by atoms with Gasteiger partial charge in [0.25, 0.3) is 0 Å². The highest BCUT2D eigenvalue weighted by atomic mass is 16.5. The van der Waals surface area contributed by atoms with Crippen molar-refractivity contribution < 1.29 is 24.2 Å². The van der Waals surface area contributed by atoms with Gasteiger partial charge >= 0.3 is 12.1 Å². The van der Waals surface area contributed by atoms with E-state index in [0.29, 0.717) is 19.7 Å². The van der Waals surface area contributed by atoms with Gasteiger partial charge in [0.2, 0.25) is 0 Å². The topological polar surface area (TPSA) is 100 Å². The third-order valence-electron chi connectivity index (χ3n) is 5.09. The quantitative estimate of drug-likeness (QED) is 0.179. The minimum absolute atomic E-state index is 0.0260. The normalized spacial score (nSPS) is 11.9. The lowest BCUT2D eigenvalue weighted by Crippen LogP contribution is -2.47. The molecule has 0 aliphatic rings. The lowest BCUT2D eigenvalue weighted by Gasteiger charge is -2.29. The van der Waals surface area contributed by atoms with E-state index in [1.165, 1.54) is 0 Å². The van der Waals surface area contributed by atoms with Crippen molar-refractivity contribution in [2.75, 3.05) is 39.4 Å². The van der Waals surface area contributed by atoms with E-state index >= 15 is 0 Å². The smallest absolute Gasteiger partial charge is 0.407 e. The Hall–Kier alpha value is -2.16. The molecule has 182 valence electrons. The van der Waals surface area contributed by atoms with Crippen LogP contribution >= 0.6 is 0 Å². The van der Waals surface area contributed by atoms with E-state index in [0.717, 1.165) is 50.6 Å². The molecule has 0 aromatic heterocycles. The van der Waals surface area contributed by atoms with Gasteiger partial charge in [0, 0.05) is 13.1 Å². The Kier molecular flexibility index (Phi) is 16.0. The molecule has 1 aromatic carbocycles. The summed E-state index contributed by atoms with van der Waals surface area (Å²) in [5.74, 6) is -0.246. The van der Waals surface area contributed by atoms with Gasteiger partial charge in [-0.05, 0) is 38.3 Å². The number of nitrogens with one attached hydrogen (secondary N) is 2. The van der Waals surface area contributed by atoms with Gasteiger partial charge in [-0.15, -0.1) is 0 Å².